The number of aromatic nitrogens is 1. The Morgan fingerprint density at radius 3 is 2.91 bits per heavy atom. The largest absolute Gasteiger partial charge is 0.330 e. The molecule has 0 aliphatic carbocycles. The Morgan fingerprint density at radius 2 is 2.45 bits per heavy atom. The van der Waals surface area contributed by atoms with Gasteiger partial charge in [-0.3, -0.25) is 4.79 Å². The van der Waals surface area contributed by atoms with Crippen LogP contribution in [0.2, 0.25) is 0 Å². The molecule has 0 radical (unpaired) electrons. The molecule has 4 heteroatoms. The molecule has 3 nitrogen and oxygen atoms in total. The molecule has 1 rings (SSSR count). The molecule has 1 heterocycles. The van der Waals surface area contributed by atoms with Crippen LogP contribution in [0.5, 0.6) is 0 Å². The van der Waals surface area contributed by atoms with E-state index >= 15 is 0 Å². The summed E-state index contributed by atoms with van der Waals surface area (Å²) in [7, 11) is 0. The summed E-state index contributed by atoms with van der Waals surface area (Å²) >= 11 is 1.29. The van der Waals surface area contributed by atoms with Crippen molar-refractivity contribution >= 4 is 11.3 Å². The van der Waals surface area contributed by atoms with Crippen molar-refractivity contribution in [2.45, 2.75) is 19.9 Å². The third-order valence-electron chi connectivity index (χ3n) is 1.42. The number of nitrogens with zero attached hydrogens (tertiary/aromatic N) is 1. The first-order valence-corrected chi connectivity index (χ1v) is 4.42. The average Bonchev–Trinajstić information content (AvgIpc) is 2.26. The molecule has 0 saturated carbocycles. The molecule has 0 aliphatic heterocycles. The summed E-state index contributed by atoms with van der Waals surface area (Å²) in [4.78, 5) is 12.3. The van der Waals surface area contributed by atoms with Gasteiger partial charge in [0.15, 0.2) is 0 Å². The first kappa shape index (κ1) is 8.49. The van der Waals surface area contributed by atoms with Gasteiger partial charge in [-0.2, -0.15) is 0 Å². The molecule has 0 aliphatic rings. The highest BCUT2D eigenvalue weighted by molar-refractivity contribution is 7.09. The van der Waals surface area contributed by atoms with Gasteiger partial charge in [-0.25, -0.2) is 0 Å². The summed E-state index contributed by atoms with van der Waals surface area (Å²) in [5, 5.41) is 0. The van der Waals surface area contributed by atoms with Gasteiger partial charge in [-0.1, -0.05) is 11.3 Å². The molecule has 0 unspecified atom stereocenters. The van der Waals surface area contributed by atoms with E-state index in [1.807, 2.05) is 13.1 Å². The van der Waals surface area contributed by atoms with Gasteiger partial charge in [-0.05, 0) is 19.9 Å². The Labute approximate surface area is 69.5 Å². The summed E-state index contributed by atoms with van der Waals surface area (Å²) in [6, 6.07) is 0. The van der Waals surface area contributed by atoms with Crippen LogP contribution >= 0.6 is 11.3 Å². The molecular weight excluding hydrogens is 160 g/mol. The van der Waals surface area contributed by atoms with Gasteiger partial charge in [0.05, 0.1) is 0 Å². The number of nitrogens with two attached hydrogens (primary N) is 1. The van der Waals surface area contributed by atoms with Crippen molar-refractivity contribution in [3.63, 3.8) is 0 Å². The third-order valence-corrected chi connectivity index (χ3v) is 2.26. The highest BCUT2D eigenvalue weighted by Crippen LogP contribution is 2.00. The Hall–Kier alpha value is -0.610. The average molecular weight is 172 g/mol. The van der Waals surface area contributed by atoms with E-state index in [1.165, 1.54) is 11.3 Å². The zero-order valence-electron chi connectivity index (χ0n) is 6.54. The van der Waals surface area contributed by atoms with Gasteiger partial charge >= 0.3 is 4.87 Å². The van der Waals surface area contributed by atoms with Gasteiger partial charge in [0.1, 0.15) is 0 Å². The lowest BCUT2D eigenvalue weighted by atomic mass is 10.4. The number of aryl methyl sites for hydroxylation is 2. The number of hydrogen-bond acceptors (Lipinski definition) is 3. The molecule has 11 heavy (non-hydrogen) atoms. The Bertz CT molecular complexity index is 276. The van der Waals surface area contributed by atoms with Crippen LogP contribution < -0.4 is 10.6 Å². The first-order chi connectivity index (χ1) is 5.24. The molecule has 1 aromatic rings. The van der Waals surface area contributed by atoms with Crippen LogP contribution in [0.4, 0.5) is 0 Å². The Kier molecular flexibility index (Phi) is 2.84. The van der Waals surface area contributed by atoms with Crippen molar-refractivity contribution in [2.24, 2.45) is 5.73 Å². The molecule has 0 saturated heterocycles. The lowest BCUT2D eigenvalue weighted by Gasteiger charge is -1.96. The molecule has 0 bridgehead atoms. The molecule has 0 atom stereocenters. The Balaban J connectivity index is 2.70. The standard InChI is InChI=1S/C7H12N2OS/c1-6-5-9(4-2-3-8)7(10)11-6/h5H,2-4,8H2,1H3. The maximum atomic E-state index is 11.1. The summed E-state index contributed by atoms with van der Waals surface area (Å²) in [5.41, 5.74) is 5.32. The maximum absolute atomic E-state index is 11.1. The molecule has 62 valence electrons. The predicted octanol–water partition coefficient (Wildman–Crippen LogP) is 0.567. The zero-order valence-corrected chi connectivity index (χ0v) is 7.36. The van der Waals surface area contributed by atoms with E-state index in [0.717, 1.165) is 17.8 Å². The van der Waals surface area contributed by atoms with Gasteiger partial charge in [0, 0.05) is 17.6 Å². The molecule has 0 fully saturated rings. The number of hydrogen-bond donors (Lipinski definition) is 1. The van der Waals surface area contributed by atoms with Crippen LogP contribution in [-0.2, 0) is 6.54 Å². The van der Waals surface area contributed by atoms with Crippen molar-refractivity contribution in [2.75, 3.05) is 6.54 Å². The van der Waals surface area contributed by atoms with E-state index in [9.17, 15) is 4.79 Å². The minimum absolute atomic E-state index is 0.121. The van der Waals surface area contributed by atoms with E-state index in [4.69, 9.17) is 5.73 Å². The van der Waals surface area contributed by atoms with Crippen LogP contribution in [0.15, 0.2) is 11.0 Å². The number of rotatable bonds is 3. The lowest BCUT2D eigenvalue weighted by Crippen LogP contribution is -2.14. The van der Waals surface area contributed by atoms with E-state index < -0.39 is 0 Å². The van der Waals surface area contributed by atoms with Crippen LogP contribution in [-0.4, -0.2) is 11.1 Å². The molecule has 0 amide bonds. The van der Waals surface area contributed by atoms with Crippen molar-refractivity contribution in [3.05, 3.63) is 20.7 Å². The predicted molar refractivity (Wildman–Crippen MR) is 47.0 cm³/mol. The molecule has 1 aromatic heterocycles. The summed E-state index contributed by atoms with van der Waals surface area (Å²) in [6.45, 7) is 3.33. The van der Waals surface area contributed by atoms with Crippen molar-refractivity contribution in [3.8, 4) is 0 Å². The van der Waals surface area contributed by atoms with Crippen molar-refractivity contribution in [1.29, 1.82) is 0 Å². The van der Waals surface area contributed by atoms with Crippen LogP contribution in [0.1, 0.15) is 11.3 Å². The van der Waals surface area contributed by atoms with Gasteiger partial charge < -0.3 is 10.3 Å². The number of thiazole rings is 1. The second-order valence-corrected chi connectivity index (χ2v) is 3.64. The van der Waals surface area contributed by atoms with E-state index in [2.05, 4.69) is 0 Å². The van der Waals surface area contributed by atoms with Crippen LogP contribution in [0, 0.1) is 6.92 Å². The minimum atomic E-state index is 0.121. The lowest BCUT2D eigenvalue weighted by molar-refractivity contribution is 0.641. The molecule has 0 aromatic carbocycles. The highest BCUT2D eigenvalue weighted by Gasteiger charge is 1.97. The molecular formula is C7H12N2OS. The maximum Gasteiger partial charge on any atom is 0.307 e. The smallest absolute Gasteiger partial charge is 0.307 e. The fourth-order valence-electron chi connectivity index (χ4n) is 0.912. The quantitative estimate of drug-likeness (QED) is 0.724. The first-order valence-electron chi connectivity index (χ1n) is 3.61. The minimum Gasteiger partial charge on any atom is -0.330 e. The van der Waals surface area contributed by atoms with Crippen molar-refractivity contribution < 1.29 is 0 Å². The van der Waals surface area contributed by atoms with E-state index in [-0.39, 0.29) is 4.87 Å². The van der Waals surface area contributed by atoms with E-state index in [1.54, 1.807) is 4.57 Å². The van der Waals surface area contributed by atoms with Crippen molar-refractivity contribution in [1.82, 2.24) is 4.57 Å². The molecule has 0 spiro atoms. The summed E-state index contributed by atoms with van der Waals surface area (Å²) in [5.74, 6) is 0. The van der Waals surface area contributed by atoms with Gasteiger partial charge in [0.25, 0.3) is 0 Å². The summed E-state index contributed by atoms with van der Waals surface area (Å²) < 4.78 is 1.72. The molecule has 2 N–H and O–H groups in total. The van der Waals surface area contributed by atoms with Crippen LogP contribution in [0.3, 0.4) is 0 Å². The Morgan fingerprint density at radius 1 is 1.73 bits per heavy atom. The SMILES string of the molecule is Cc1cn(CCCN)c(=O)s1. The zero-order chi connectivity index (χ0) is 8.27. The second-order valence-electron chi connectivity index (χ2n) is 2.44. The fraction of sp³-hybridized carbons (Fsp3) is 0.571. The summed E-state index contributed by atoms with van der Waals surface area (Å²) in [6.07, 6.45) is 2.75. The van der Waals surface area contributed by atoms with E-state index in [0.29, 0.717) is 6.54 Å². The third kappa shape index (κ3) is 2.17. The normalized spacial score (nSPS) is 10.4. The van der Waals surface area contributed by atoms with Gasteiger partial charge in [-0.15, -0.1) is 0 Å². The van der Waals surface area contributed by atoms with Crippen LogP contribution in [0.25, 0.3) is 0 Å². The topological polar surface area (TPSA) is 48.0 Å². The fourth-order valence-corrected chi connectivity index (χ4v) is 1.63. The van der Waals surface area contributed by atoms with Gasteiger partial charge in [0.2, 0.25) is 0 Å². The second kappa shape index (κ2) is 3.69. The monoisotopic (exact) mass is 172 g/mol. The highest BCUT2D eigenvalue weighted by atomic mass is 32.1.